The average molecular weight is 310 g/mol. The quantitative estimate of drug-likeness (QED) is 0.741. The number of carboxylic acids is 1. The zero-order valence-electron chi connectivity index (χ0n) is 12.6. The summed E-state index contributed by atoms with van der Waals surface area (Å²) >= 11 is 0. The summed E-state index contributed by atoms with van der Waals surface area (Å²) in [4.78, 5) is 22.7. The first-order valence-corrected chi connectivity index (χ1v) is 6.99. The number of carboxylic acid groups (broad SMARTS) is 1. The summed E-state index contributed by atoms with van der Waals surface area (Å²) in [6, 6.07) is 9.04. The van der Waals surface area contributed by atoms with E-state index in [4.69, 9.17) is 5.11 Å². The predicted molar refractivity (Wildman–Crippen MR) is 83.1 cm³/mol. The van der Waals surface area contributed by atoms with Gasteiger partial charge in [-0.05, 0) is 31.2 Å². The Morgan fingerprint density at radius 3 is 2.57 bits per heavy atom. The third kappa shape index (κ3) is 2.80. The van der Waals surface area contributed by atoms with Crippen LogP contribution in [0.3, 0.4) is 0 Å². The molecule has 1 aromatic carbocycles. The maximum atomic E-state index is 11.8. The van der Waals surface area contributed by atoms with Gasteiger partial charge in [-0.3, -0.25) is 14.3 Å². The third-order valence-corrected chi connectivity index (χ3v) is 3.46. The number of benzene rings is 1. The second-order valence-electron chi connectivity index (χ2n) is 5.25. The van der Waals surface area contributed by atoms with E-state index in [-0.39, 0.29) is 18.0 Å². The zero-order valence-corrected chi connectivity index (χ0v) is 12.6. The van der Waals surface area contributed by atoms with Crippen molar-refractivity contribution in [1.82, 2.24) is 20.0 Å². The van der Waals surface area contributed by atoms with Crippen molar-refractivity contribution in [2.75, 3.05) is 0 Å². The van der Waals surface area contributed by atoms with Crippen LogP contribution in [0, 0.1) is 6.92 Å². The lowest BCUT2D eigenvalue weighted by atomic mass is 10.1. The summed E-state index contributed by atoms with van der Waals surface area (Å²) < 4.78 is 1.32. The van der Waals surface area contributed by atoms with Crippen molar-refractivity contribution < 1.29 is 14.7 Å². The van der Waals surface area contributed by atoms with Gasteiger partial charge in [-0.25, -0.2) is 0 Å². The molecule has 116 valence electrons. The van der Waals surface area contributed by atoms with Gasteiger partial charge in [0.1, 0.15) is 12.2 Å². The molecule has 0 aliphatic rings. The van der Waals surface area contributed by atoms with Crippen molar-refractivity contribution in [2.45, 2.75) is 20.4 Å². The molecule has 23 heavy (non-hydrogen) atoms. The standard InChI is InChI=1S/C16H14N4O3/c1-9-3-5-13(18-17-9)11-4-6-14-12(7-11)16(10(2)21)19-20(14)8-15(22)23/h3-7H,8H2,1-2H3,(H,22,23). The number of nitrogens with zero attached hydrogens (tertiary/aromatic N) is 4. The minimum atomic E-state index is -1.02. The van der Waals surface area contributed by atoms with Crippen LogP contribution in [0.1, 0.15) is 23.1 Å². The van der Waals surface area contributed by atoms with Crippen LogP contribution >= 0.6 is 0 Å². The summed E-state index contributed by atoms with van der Waals surface area (Å²) in [7, 11) is 0. The number of rotatable bonds is 4. The Hall–Kier alpha value is -3.09. The molecule has 7 heteroatoms. The highest BCUT2D eigenvalue weighted by atomic mass is 16.4. The first kappa shape index (κ1) is 14.8. The molecule has 2 heterocycles. The van der Waals surface area contributed by atoms with Crippen molar-refractivity contribution in [3.8, 4) is 11.3 Å². The van der Waals surface area contributed by atoms with Crippen molar-refractivity contribution in [3.05, 3.63) is 41.7 Å². The fraction of sp³-hybridized carbons (Fsp3) is 0.188. The number of aliphatic carboxylic acids is 1. The minimum absolute atomic E-state index is 0.216. The first-order valence-electron chi connectivity index (χ1n) is 6.99. The van der Waals surface area contributed by atoms with E-state index in [1.54, 1.807) is 12.1 Å². The van der Waals surface area contributed by atoms with Crippen LogP contribution < -0.4 is 0 Å². The summed E-state index contributed by atoms with van der Waals surface area (Å²) in [6.07, 6.45) is 0. The molecule has 3 aromatic rings. The molecule has 0 aliphatic heterocycles. The molecule has 0 fully saturated rings. The Morgan fingerprint density at radius 2 is 1.96 bits per heavy atom. The highest BCUT2D eigenvalue weighted by molar-refractivity contribution is 6.05. The summed E-state index contributed by atoms with van der Waals surface area (Å²) in [5, 5.41) is 21.9. The van der Waals surface area contributed by atoms with Gasteiger partial charge in [0.15, 0.2) is 5.78 Å². The Labute approximate surface area is 131 Å². The van der Waals surface area contributed by atoms with Crippen LogP contribution in [0.15, 0.2) is 30.3 Å². The number of Topliss-reactive ketones (excluding diaryl/α,β-unsaturated/α-hetero) is 1. The number of aryl methyl sites for hydroxylation is 1. The van der Waals surface area contributed by atoms with E-state index in [0.717, 1.165) is 11.3 Å². The number of aromatic nitrogens is 4. The third-order valence-electron chi connectivity index (χ3n) is 3.46. The van der Waals surface area contributed by atoms with Crippen LogP contribution in [0.25, 0.3) is 22.2 Å². The van der Waals surface area contributed by atoms with Gasteiger partial charge in [0, 0.05) is 17.9 Å². The molecule has 0 unspecified atom stereocenters. The van der Waals surface area contributed by atoms with E-state index in [1.165, 1.54) is 11.6 Å². The second kappa shape index (κ2) is 5.60. The van der Waals surface area contributed by atoms with Crippen molar-refractivity contribution in [3.63, 3.8) is 0 Å². The van der Waals surface area contributed by atoms with Crippen LogP contribution in [-0.2, 0) is 11.3 Å². The van der Waals surface area contributed by atoms with E-state index in [0.29, 0.717) is 16.6 Å². The van der Waals surface area contributed by atoms with E-state index in [1.807, 2.05) is 25.1 Å². The van der Waals surface area contributed by atoms with E-state index in [2.05, 4.69) is 15.3 Å². The number of fused-ring (bicyclic) bond motifs is 1. The maximum absolute atomic E-state index is 11.8. The molecule has 0 atom stereocenters. The van der Waals surface area contributed by atoms with E-state index >= 15 is 0 Å². The molecule has 3 rings (SSSR count). The average Bonchev–Trinajstić information content (AvgIpc) is 2.85. The molecule has 0 aliphatic carbocycles. The lowest BCUT2D eigenvalue weighted by Crippen LogP contribution is -2.10. The van der Waals surface area contributed by atoms with Gasteiger partial charge < -0.3 is 5.11 Å². The monoisotopic (exact) mass is 310 g/mol. The van der Waals surface area contributed by atoms with Gasteiger partial charge in [0.25, 0.3) is 0 Å². The van der Waals surface area contributed by atoms with E-state index < -0.39 is 5.97 Å². The Morgan fingerprint density at radius 1 is 1.17 bits per heavy atom. The smallest absolute Gasteiger partial charge is 0.325 e. The molecule has 0 saturated carbocycles. The summed E-state index contributed by atoms with van der Waals surface area (Å²) in [5.74, 6) is -1.23. The van der Waals surface area contributed by atoms with Gasteiger partial charge >= 0.3 is 5.97 Å². The highest BCUT2D eigenvalue weighted by Gasteiger charge is 2.16. The molecular formula is C16H14N4O3. The second-order valence-corrected chi connectivity index (χ2v) is 5.25. The maximum Gasteiger partial charge on any atom is 0.325 e. The van der Waals surface area contributed by atoms with Crippen molar-refractivity contribution >= 4 is 22.7 Å². The predicted octanol–water partition coefficient (Wildman–Crippen LogP) is 2.09. The highest BCUT2D eigenvalue weighted by Crippen LogP contribution is 2.25. The fourth-order valence-corrected chi connectivity index (χ4v) is 2.40. The number of carbonyl (C=O) groups excluding carboxylic acids is 1. The number of ketones is 1. The summed E-state index contributed by atoms with van der Waals surface area (Å²) in [5.41, 5.74) is 3.14. The lowest BCUT2D eigenvalue weighted by molar-refractivity contribution is -0.137. The molecule has 0 saturated heterocycles. The molecule has 7 nitrogen and oxygen atoms in total. The van der Waals surface area contributed by atoms with Gasteiger partial charge in [-0.1, -0.05) is 6.07 Å². The Kier molecular flexibility index (Phi) is 3.61. The molecular weight excluding hydrogens is 296 g/mol. The molecule has 2 aromatic heterocycles. The van der Waals surface area contributed by atoms with Gasteiger partial charge in [0.2, 0.25) is 0 Å². The van der Waals surface area contributed by atoms with Crippen LogP contribution in [0.5, 0.6) is 0 Å². The fourth-order valence-electron chi connectivity index (χ4n) is 2.40. The van der Waals surface area contributed by atoms with Gasteiger partial charge in [-0.2, -0.15) is 15.3 Å². The topological polar surface area (TPSA) is 98.0 Å². The zero-order chi connectivity index (χ0) is 16.6. The van der Waals surface area contributed by atoms with Crippen LogP contribution in [0.4, 0.5) is 0 Å². The molecule has 1 N–H and O–H groups in total. The van der Waals surface area contributed by atoms with Crippen LogP contribution in [0.2, 0.25) is 0 Å². The minimum Gasteiger partial charge on any atom is -0.480 e. The number of hydrogen-bond acceptors (Lipinski definition) is 5. The van der Waals surface area contributed by atoms with E-state index in [9.17, 15) is 9.59 Å². The van der Waals surface area contributed by atoms with Gasteiger partial charge in [0.05, 0.1) is 16.9 Å². The van der Waals surface area contributed by atoms with Gasteiger partial charge in [-0.15, -0.1) is 0 Å². The van der Waals surface area contributed by atoms with Crippen LogP contribution in [-0.4, -0.2) is 36.8 Å². The van der Waals surface area contributed by atoms with Crippen molar-refractivity contribution in [1.29, 1.82) is 0 Å². The Balaban J connectivity index is 2.18. The Bertz CT molecular complexity index is 913. The molecule has 0 bridgehead atoms. The SMILES string of the molecule is CC(=O)c1nn(CC(=O)O)c2ccc(-c3ccc(C)nn3)cc12. The first-order chi connectivity index (χ1) is 11.0. The largest absolute Gasteiger partial charge is 0.480 e. The number of carbonyl (C=O) groups is 2. The summed E-state index contributed by atoms with van der Waals surface area (Å²) in [6.45, 7) is 2.96. The molecule has 0 spiro atoms. The normalized spacial score (nSPS) is 10.9. The van der Waals surface area contributed by atoms with Crippen molar-refractivity contribution in [2.24, 2.45) is 0 Å². The number of hydrogen-bond donors (Lipinski definition) is 1. The lowest BCUT2D eigenvalue weighted by Gasteiger charge is -2.02. The molecule has 0 amide bonds. The molecule has 0 radical (unpaired) electrons.